The molecule has 0 radical (unpaired) electrons. The van der Waals surface area contributed by atoms with Crippen molar-refractivity contribution in [3.05, 3.63) is 0 Å². The Balaban J connectivity index is 1.99. The van der Waals surface area contributed by atoms with Crippen LogP contribution in [0.5, 0.6) is 0 Å². The molecule has 0 aliphatic carbocycles. The number of nitrogens with one attached hydrogen (secondary N) is 1. The van der Waals surface area contributed by atoms with Crippen LogP contribution in [-0.2, 0) is 14.3 Å². The first-order valence-corrected chi connectivity index (χ1v) is 7.39. The molecule has 116 valence electrons. The molecular weight excluding hydrogens is 262 g/mol. The number of rotatable bonds is 6. The van der Waals surface area contributed by atoms with E-state index in [4.69, 9.17) is 9.47 Å². The van der Waals surface area contributed by atoms with Crippen LogP contribution in [0.25, 0.3) is 0 Å². The van der Waals surface area contributed by atoms with Gasteiger partial charge in [-0.3, -0.25) is 4.79 Å². The molecule has 0 unspecified atom stereocenters. The maximum atomic E-state index is 11.2. The SMILES string of the molecule is CCCCOC[C@@]12CC[C@@H](O1)[C@H](NC(C)=O)[C@@H](O)[C@H]2O. The Labute approximate surface area is 119 Å². The highest BCUT2D eigenvalue weighted by Gasteiger charge is 2.58. The summed E-state index contributed by atoms with van der Waals surface area (Å²) in [5.41, 5.74) is -0.827. The van der Waals surface area contributed by atoms with E-state index >= 15 is 0 Å². The lowest BCUT2D eigenvalue weighted by Gasteiger charge is -2.44. The van der Waals surface area contributed by atoms with E-state index in [-0.39, 0.29) is 18.6 Å². The molecule has 0 aromatic carbocycles. The van der Waals surface area contributed by atoms with Crippen LogP contribution in [0.4, 0.5) is 0 Å². The maximum Gasteiger partial charge on any atom is 0.217 e. The lowest BCUT2D eigenvalue weighted by atomic mass is 9.88. The summed E-state index contributed by atoms with van der Waals surface area (Å²) >= 11 is 0. The third kappa shape index (κ3) is 2.98. The molecule has 2 fully saturated rings. The van der Waals surface area contributed by atoms with Crippen molar-refractivity contribution >= 4 is 5.91 Å². The number of amides is 1. The zero-order chi connectivity index (χ0) is 14.8. The Bertz CT molecular complexity index is 350. The number of unbranched alkanes of at least 4 members (excludes halogenated alkanes) is 1. The van der Waals surface area contributed by atoms with Crippen molar-refractivity contribution < 1.29 is 24.5 Å². The smallest absolute Gasteiger partial charge is 0.217 e. The number of aliphatic hydroxyl groups is 2. The molecule has 2 aliphatic heterocycles. The summed E-state index contributed by atoms with van der Waals surface area (Å²) < 4.78 is 11.5. The van der Waals surface area contributed by atoms with Gasteiger partial charge in [0.1, 0.15) is 17.8 Å². The molecule has 0 aromatic rings. The third-order valence-electron chi connectivity index (χ3n) is 4.23. The molecule has 3 N–H and O–H groups in total. The first kappa shape index (κ1) is 15.7. The van der Waals surface area contributed by atoms with Gasteiger partial charge in [0.2, 0.25) is 5.91 Å². The molecule has 0 saturated carbocycles. The second-order valence-corrected chi connectivity index (χ2v) is 5.83. The average Bonchev–Trinajstić information content (AvgIpc) is 2.81. The molecule has 0 aromatic heterocycles. The second kappa shape index (κ2) is 6.39. The van der Waals surface area contributed by atoms with Crippen molar-refractivity contribution in [1.82, 2.24) is 5.32 Å². The van der Waals surface area contributed by atoms with E-state index in [1.807, 2.05) is 0 Å². The van der Waals surface area contributed by atoms with E-state index in [2.05, 4.69) is 12.2 Å². The zero-order valence-corrected chi connectivity index (χ0v) is 12.2. The Kier molecular flexibility index (Phi) is 5.01. The molecule has 1 amide bonds. The minimum atomic E-state index is -1.04. The van der Waals surface area contributed by atoms with Crippen LogP contribution in [0.2, 0.25) is 0 Å². The molecule has 2 rings (SSSR count). The third-order valence-corrected chi connectivity index (χ3v) is 4.23. The summed E-state index contributed by atoms with van der Waals surface area (Å²) in [5, 5.41) is 23.3. The molecular formula is C14H25NO5. The number of carbonyl (C=O) groups excluding carboxylic acids is 1. The lowest BCUT2D eigenvalue weighted by Crippen LogP contribution is -2.65. The van der Waals surface area contributed by atoms with Gasteiger partial charge in [-0.15, -0.1) is 0 Å². The normalized spacial score (nSPS) is 39.8. The van der Waals surface area contributed by atoms with Gasteiger partial charge in [0.05, 0.1) is 18.8 Å². The molecule has 20 heavy (non-hydrogen) atoms. The van der Waals surface area contributed by atoms with E-state index in [1.165, 1.54) is 6.92 Å². The number of fused-ring (bicyclic) bond motifs is 2. The van der Waals surface area contributed by atoms with E-state index in [1.54, 1.807) is 0 Å². The molecule has 2 saturated heterocycles. The standard InChI is InChI=1S/C14H25NO5/c1-3-4-7-19-8-14-6-5-10(20-14)11(15-9(2)16)12(17)13(14)18/h10-13,17-18H,3-8H2,1-2H3,(H,15,16)/t10-,11+,12-,13-,14-/m1/s1. The highest BCUT2D eigenvalue weighted by atomic mass is 16.6. The highest BCUT2D eigenvalue weighted by Crippen LogP contribution is 2.42. The van der Waals surface area contributed by atoms with Crippen LogP contribution in [-0.4, -0.2) is 59.3 Å². The van der Waals surface area contributed by atoms with Crippen molar-refractivity contribution in [2.24, 2.45) is 0 Å². The van der Waals surface area contributed by atoms with Crippen LogP contribution in [0.3, 0.4) is 0 Å². The zero-order valence-electron chi connectivity index (χ0n) is 12.2. The van der Waals surface area contributed by atoms with Crippen molar-refractivity contribution in [3.63, 3.8) is 0 Å². The minimum Gasteiger partial charge on any atom is -0.388 e. The van der Waals surface area contributed by atoms with Crippen molar-refractivity contribution in [2.45, 2.75) is 69.5 Å². The van der Waals surface area contributed by atoms with Gasteiger partial charge in [-0.25, -0.2) is 0 Å². The fourth-order valence-electron chi connectivity index (χ4n) is 3.10. The van der Waals surface area contributed by atoms with E-state index < -0.39 is 23.9 Å². The van der Waals surface area contributed by atoms with E-state index in [0.29, 0.717) is 19.4 Å². The fourth-order valence-corrected chi connectivity index (χ4v) is 3.10. The lowest BCUT2D eigenvalue weighted by molar-refractivity contribution is -0.225. The van der Waals surface area contributed by atoms with Crippen molar-refractivity contribution in [1.29, 1.82) is 0 Å². The van der Waals surface area contributed by atoms with Crippen molar-refractivity contribution in [2.75, 3.05) is 13.2 Å². The largest absolute Gasteiger partial charge is 0.388 e. The van der Waals surface area contributed by atoms with Crippen LogP contribution in [0.1, 0.15) is 39.5 Å². The molecule has 6 heteroatoms. The average molecular weight is 287 g/mol. The number of hydrogen-bond donors (Lipinski definition) is 3. The van der Waals surface area contributed by atoms with Crippen LogP contribution in [0.15, 0.2) is 0 Å². The summed E-state index contributed by atoms with van der Waals surface area (Å²) in [6.07, 6.45) is 1.04. The van der Waals surface area contributed by atoms with Crippen LogP contribution < -0.4 is 5.32 Å². The van der Waals surface area contributed by atoms with Gasteiger partial charge in [0.15, 0.2) is 0 Å². The first-order valence-electron chi connectivity index (χ1n) is 7.39. The second-order valence-electron chi connectivity index (χ2n) is 5.83. The van der Waals surface area contributed by atoms with Gasteiger partial charge in [0.25, 0.3) is 0 Å². The molecule has 2 aliphatic rings. The van der Waals surface area contributed by atoms with Gasteiger partial charge in [-0.1, -0.05) is 13.3 Å². The quantitative estimate of drug-likeness (QED) is 0.597. The molecule has 2 bridgehead atoms. The van der Waals surface area contributed by atoms with Gasteiger partial charge >= 0.3 is 0 Å². The Morgan fingerprint density at radius 3 is 2.90 bits per heavy atom. The van der Waals surface area contributed by atoms with Crippen LogP contribution in [0, 0.1) is 0 Å². The summed E-state index contributed by atoms with van der Waals surface area (Å²) in [5.74, 6) is -0.233. The van der Waals surface area contributed by atoms with Crippen LogP contribution >= 0.6 is 0 Å². The number of ether oxygens (including phenoxy) is 2. The van der Waals surface area contributed by atoms with E-state index in [0.717, 1.165) is 12.8 Å². The van der Waals surface area contributed by atoms with Crippen molar-refractivity contribution in [3.8, 4) is 0 Å². The molecule has 0 spiro atoms. The summed E-state index contributed by atoms with van der Waals surface area (Å²) in [4.78, 5) is 11.2. The molecule has 2 heterocycles. The highest BCUT2D eigenvalue weighted by molar-refractivity contribution is 5.73. The Morgan fingerprint density at radius 2 is 2.25 bits per heavy atom. The summed E-state index contributed by atoms with van der Waals surface area (Å²) in [6, 6.07) is -0.547. The van der Waals surface area contributed by atoms with Gasteiger partial charge in [0, 0.05) is 13.5 Å². The molecule has 6 nitrogen and oxygen atoms in total. The fraction of sp³-hybridized carbons (Fsp3) is 0.929. The van der Waals surface area contributed by atoms with Gasteiger partial charge in [-0.2, -0.15) is 0 Å². The Hall–Kier alpha value is -0.690. The van der Waals surface area contributed by atoms with Gasteiger partial charge in [-0.05, 0) is 19.3 Å². The predicted octanol–water partition coefficient (Wildman–Crippen LogP) is -0.0390. The minimum absolute atomic E-state index is 0.233. The molecule has 5 atom stereocenters. The van der Waals surface area contributed by atoms with Gasteiger partial charge < -0.3 is 25.0 Å². The summed E-state index contributed by atoms with van der Waals surface area (Å²) in [7, 11) is 0. The Morgan fingerprint density at radius 1 is 1.50 bits per heavy atom. The number of hydrogen-bond acceptors (Lipinski definition) is 5. The predicted molar refractivity (Wildman–Crippen MR) is 72.2 cm³/mol. The number of carbonyl (C=O) groups is 1. The number of aliphatic hydroxyl groups excluding tert-OH is 2. The first-order chi connectivity index (χ1) is 9.50. The maximum absolute atomic E-state index is 11.2. The topological polar surface area (TPSA) is 88.0 Å². The monoisotopic (exact) mass is 287 g/mol. The summed E-state index contributed by atoms with van der Waals surface area (Å²) in [6.45, 7) is 4.39. The van der Waals surface area contributed by atoms with E-state index in [9.17, 15) is 15.0 Å².